The summed E-state index contributed by atoms with van der Waals surface area (Å²) in [6, 6.07) is 19.1. The number of ether oxygens (including phenoxy) is 1. The van der Waals surface area contributed by atoms with E-state index < -0.39 is 10.0 Å². The highest BCUT2D eigenvalue weighted by Gasteiger charge is 2.33. The predicted molar refractivity (Wildman–Crippen MR) is 148 cm³/mol. The fraction of sp³-hybridized carbons (Fsp3) is 0.552. The minimum absolute atomic E-state index is 0.0786. The van der Waals surface area contributed by atoms with Gasteiger partial charge in [0.25, 0.3) is 0 Å². The third kappa shape index (κ3) is 7.55. The van der Waals surface area contributed by atoms with Crippen LogP contribution in [0, 0.1) is 5.92 Å². The van der Waals surface area contributed by atoms with Gasteiger partial charge in [-0.25, -0.2) is 17.5 Å². The van der Waals surface area contributed by atoms with E-state index in [9.17, 15) is 13.2 Å². The second-order valence-corrected chi connectivity index (χ2v) is 12.5. The molecule has 204 valence electrons. The highest BCUT2D eigenvalue weighted by Crippen LogP contribution is 2.27. The Hall–Kier alpha value is -2.42. The molecule has 1 heterocycles. The third-order valence-electron chi connectivity index (χ3n) is 7.73. The Balaban J connectivity index is 1.64. The maximum absolute atomic E-state index is 13.2. The molecule has 2 aromatic rings. The number of carbonyl (C=O) groups is 1. The number of hydrogen-bond donors (Lipinski definition) is 0. The van der Waals surface area contributed by atoms with Gasteiger partial charge >= 0.3 is 6.09 Å². The Bertz CT molecular complexity index is 1070. The number of amides is 1. The summed E-state index contributed by atoms with van der Waals surface area (Å²) in [5.41, 5.74) is 1.15. The third-order valence-corrected chi connectivity index (χ3v) is 9.57. The summed E-state index contributed by atoms with van der Waals surface area (Å²) in [5, 5.41) is 0. The molecule has 0 saturated carbocycles. The lowest BCUT2D eigenvalue weighted by atomic mass is 9.94. The predicted octanol–water partition coefficient (Wildman–Crippen LogP) is 5.06. The van der Waals surface area contributed by atoms with Crippen molar-refractivity contribution in [2.75, 3.05) is 40.3 Å². The summed E-state index contributed by atoms with van der Waals surface area (Å²) in [5.74, 6) is 0.433. The van der Waals surface area contributed by atoms with E-state index in [1.807, 2.05) is 29.2 Å². The first-order chi connectivity index (χ1) is 17.6. The molecular weight excluding hydrogens is 486 g/mol. The smallest absolute Gasteiger partial charge is 0.409 e. The highest BCUT2D eigenvalue weighted by atomic mass is 32.2. The van der Waals surface area contributed by atoms with Gasteiger partial charge in [0, 0.05) is 38.8 Å². The maximum atomic E-state index is 13.2. The zero-order valence-electron chi connectivity index (χ0n) is 22.9. The van der Waals surface area contributed by atoms with Crippen molar-refractivity contribution in [2.24, 2.45) is 5.92 Å². The van der Waals surface area contributed by atoms with E-state index >= 15 is 0 Å². The van der Waals surface area contributed by atoms with Gasteiger partial charge in [0.05, 0.1) is 12.0 Å². The van der Waals surface area contributed by atoms with Crippen molar-refractivity contribution in [1.82, 2.24) is 14.1 Å². The van der Waals surface area contributed by atoms with Crippen molar-refractivity contribution in [1.29, 1.82) is 0 Å². The minimum atomic E-state index is -3.56. The Labute approximate surface area is 223 Å². The normalized spacial score (nSPS) is 17.1. The molecule has 0 bridgehead atoms. The number of carbonyl (C=O) groups excluding carboxylic acids is 1. The van der Waals surface area contributed by atoms with Crippen molar-refractivity contribution in [2.45, 2.75) is 62.9 Å². The highest BCUT2D eigenvalue weighted by molar-refractivity contribution is 7.89. The molecule has 0 aliphatic carbocycles. The molecule has 0 aromatic heterocycles. The molecule has 1 amide bonds. The van der Waals surface area contributed by atoms with Crippen molar-refractivity contribution in [3.63, 3.8) is 0 Å². The van der Waals surface area contributed by atoms with Crippen LogP contribution in [0.4, 0.5) is 4.79 Å². The van der Waals surface area contributed by atoms with E-state index in [-0.39, 0.29) is 24.1 Å². The number of benzene rings is 2. The lowest BCUT2D eigenvalue weighted by molar-refractivity contribution is 0.0473. The van der Waals surface area contributed by atoms with Crippen molar-refractivity contribution in [3.8, 4) is 0 Å². The molecule has 2 unspecified atom stereocenters. The van der Waals surface area contributed by atoms with Gasteiger partial charge in [0.1, 0.15) is 0 Å². The number of likely N-dealkylation sites (tertiary alicyclic amines) is 1. The molecule has 1 fully saturated rings. The number of piperidine rings is 1. The topological polar surface area (TPSA) is 70.2 Å². The summed E-state index contributed by atoms with van der Waals surface area (Å²) in [7, 11) is -0.435. The lowest BCUT2D eigenvalue weighted by Gasteiger charge is -2.42. The monoisotopic (exact) mass is 529 g/mol. The summed E-state index contributed by atoms with van der Waals surface area (Å²) in [4.78, 5) is 17.2. The van der Waals surface area contributed by atoms with Gasteiger partial charge in [-0.3, -0.25) is 0 Å². The molecule has 2 aromatic carbocycles. The van der Waals surface area contributed by atoms with E-state index in [4.69, 9.17) is 4.74 Å². The van der Waals surface area contributed by atoms with Crippen LogP contribution in [-0.4, -0.2) is 81.0 Å². The molecule has 0 N–H and O–H groups in total. The second-order valence-electron chi connectivity index (χ2n) is 10.4. The largest absolute Gasteiger partial charge is 0.453 e. The SMILES string of the molecule is COC(=O)N(C1CCN(CCC(CN(C)S(=O)(=O)c2ccccc2)c2ccccc2)CC1)C(C)C(C)C. The first-order valence-corrected chi connectivity index (χ1v) is 14.7. The van der Waals surface area contributed by atoms with Gasteiger partial charge in [-0.15, -0.1) is 0 Å². The summed E-state index contributed by atoms with van der Waals surface area (Å²) in [6.45, 7) is 9.47. The molecule has 1 aliphatic rings. The molecule has 1 saturated heterocycles. The van der Waals surface area contributed by atoms with Gasteiger partial charge in [-0.1, -0.05) is 62.4 Å². The fourth-order valence-corrected chi connectivity index (χ4v) is 6.34. The molecule has 7 nitrogen and oxygen atoms in total. The van der Waals surface area contributed by atoms with Crippen LogP contribution in [0.15, 0.2) is 65.6 Å². The fourth-order valence-electron chi connectivity index (χ4n) is 5.10. The second kappa shape index (κ2) is 13.4. The Morgan fingerprint density at radius 2 is 1.57 bits per heavy atom. The molecule has 0 radical (unpaired) electrons. The van der Waals surface area contributed by atoms with Crippen LogP contribution in [0.5, 0.6) is 0 Å². The summed E-state index contributed by atoms with van der Waals surface area (Å²) >= 11 is 0. The molecule has 3 rings (SSSR count). The number of nitrogens with zero attached hydrogens (tertiary/aromatic N) is 3. The zero-order valence-corrected chi connectivity index (χ0v) is 23.7. The minimum Gasteiger partial charge on any atom is -0.453 e. The first kappa shape index (κ1) is 29.1. The first-order valence-electron chi connectivity index (χ1n) is 13.3. The van der Waals surface area contributed by atoms with Gasteiger partial charge < -0.3 is 14.5 Å². The van der Waals surface area contributed by atoms with E-state index in [0.29, 0.717) is 17.4 Å². The van der Waals surface area contributed by atoms with Gasteiger partial charge in [-0.2, -0.15) is 0 Å². The number of sulfonamides is 1. The van der Waals surface area contributed by atoms with Crippen LogP contribution in [-0.2, 0) is 14.8 Å². The number of likely N-dealkylation sites (N-methyl/N-ethyl adjacent to an activating group) is 1. The van der Waals surface area contributed by atoms with Gasteiger partial charge in [-0.05, 0) is 62.3 Å². The van der Waals surface area contributed by atoms with Crippen molar-refractivity contribution in [3.05, 3.63) is 66.2 Å². The van der Waals surface area contributed by atoms with E-state index in [1.165, 1.54) is 11.4 Å². The maximum Gasteiger partial charge on any atom is 0.409 e. The molecular formula is C29H43N3O4S. The van der Waals surface area contributed by atoms with Gasteiger partial charge in [0.15, 0.2) is 0 Å². The summed E-state index contributed by atoms with van der Waals surface area (Å²) < 4.78 is 32.9. The van der Waals surface area contributed by atoms with Crippen LogP contribution in [0.3, 0.4) is 0 Å². The van der Waals surface area contributed by atoms with Crippen molar-refractivity contribution < 1.29 is 17.9 Å². The van der Waals surface area contributed by atoms with Crippen molar-refractivity contribution >= 4 is 16.1 Å². The molecule has 8 heteroatoms. The molecule has 1 aliphatic heterocycles. The Kier molecular flexibility index (Phi) is 10.6. The number of hydrogen-bond acceptors (Lipinski definition) is 5. The Morgan fingerprint density at radius 3 is 2.11 bits per heavy atom. The van der Waals surface area contributed by atoms with Crippen LogP contribution in [0.1, 0.15) is 51.5 Å². The van der Waals surface area contributed by atoms with Gasteiger partial charge in [0.2, 0.25) is 10.0 Å². The van der Waals surface area contributed by atoms with Crippen LogP contribution in [0.25, 0.3) is 0 Å². The Morgan fingerprint density at radius 1 is 1.00 bits per heavy atom. The lowest BCUT2D eigenvalue weighted by Crippen LogP contribution is -2.52. The van der Waals surface area contributed by atoms with Crippen LogP contribution in [0.2, 0.25) is 0 Å². The van der Waals surface area contributed by atoms with Crippen LogP contribution >= 0.6 is 0 Å². The zero-order chi connectivity index (χ0) is 27.0. The van der Waals surface area contributed by atoms with E-state index in [0.717, 1.165) is 44.5 Å². The van der Waals surface area contributed by atoms with Crippen LogP contribution < -0.4 is 0 Å². The standard InChI is InChI=1S/C29H43N3O4S/c1-23(2)24(3)32(29(33)36-5)27-17-20-31(21-18-27)19-16-26(25-12-8-6-9-13-25)22-30(4)37(34,35)28-14-10-7-11-15-28/h6-15,23-24,26-27H,16-22H2,1-5H3. The van der Waals surface area contributed by atoms with E-state index in [2.05, 4.69) is 37.8 Å². The molecule has 37 heavy (non-hydrogen) atoms. The molecule has 2 atom stereocenters. The molecule has 0 spiro atoms. The summed E-state index contributed by atoms with van der Waals surface area (Å²) in [6.07, 6.45) is 2.42. The average Bonchev–Trinajstić information content (AvgIpc) is 2.92. The number of methoxy groups -OCH3 is 1. The van der Waals surface area contributed by atoms with E-state index in [1.54, 1.807) is 31.3 Å². The average molecular weight is 530 g/mol. The number of rotatable bonds is 11. The quantitative estimate of drug-likeness (QED) is 0.407.